The van der Waals surface area contributed by atoms with E-state index in [-0.39, 0.29) is 0 Å². The molecule has 2 nitrogen and oxygen atoms in total. The van der Waals surface area contributed by atoms with Gasteiger partial charge in [-0.3, -0.25) is 4.90 Å². The molecule has 3 fully saturated rings. The second-order valence-corrected chi connectivity index (χ2v) is 3.99. The van der Waals surface area contributed by atoms with E-state index in [4.69, 9.17) is 0 Å². The van der Waals surface area contributed by atoms with Gasteiger partial charge in [0.1, 0.15) is 0 Å². The molecule has 0 aromatic rings. The molecule has 58 valence electrons. The largest absolute Gasteiger partial charge is 0.324 e. The van der Waals surface area contributed by atoms with Gasteiger partial charge in [-0.05, 0) is 0 Å². The Bertz CT molecular complexity index is 120. The lowest BCUT2D eigenvalue weighted by Crippen LogP contribution is -2.54. The fourth-order valence-electron chi connectivity index (χ4n) is 2.11. The van der Waals surface area contributed by atoms with E-state index >= 15 is 0 Å². The van der Waals surface area contributed by atoms with E-state index in [1.807, 2.05) is 0 Å². The van der Waals surface area contributed by atoms with E-state index in [1.165, 1.54) is 50.2 Å². The van der Waals surface area contributed by atoms with Gasteiger partial charge in [-0.25, -0.2) is 0 Å². The second-order valence-electron chi connectivity index (χ2n) is 3.99. The highest BCUT2D eigenvalue weighted by molar-refractivity contribution is 4.67. The van der Waals surface area contributed by atoms with Crippen LogP contribution in [-0.2, 0) is 0 Å². The third-order valence-electron chi connectivity index (χ3n) is 3.08. The Hall–Kier alpha value is -0.0800. The van der Waals surface area contributed by atoms with Crippen LogP contribution >= 0.6 is 0 Å². The van der Waals surface area contributed by atoms with E-state index in [1.54, 1.807) is 0 Å². The minimum absolute atomic E-state index is 1.34. The summed E-state index contributed by atoms with van der Waals surface area (Å²) in [4.78, 5) is 2.60. The molecular formula is C8H17N2+. The number of hydrogen-bond acceptors (Lipinski definition) is 1. The average molecular weight is 141 g/mol. The molecule has 3 heterocycles. The summed E-state index contributed by atoms with van der Waals surface area (Å²) < 4.78 is 1.34. The number of rotatable bonds is 0. The smallest absolute Gasteiger partial charge is 0.0914 e. The van der Waals surface area contributed by atoms with Gasteiger partial charge in [-0.2, -0.15) is 0 Å². The zero-order chi connectivity index (χ0) is 7.03. The zero-order valence-corrected chi connectivity index (χ0v) is 6.84. The highest BCUT2D eigenvalue weighted by Crippen LogP contribution is 2.15. The monoisotopic (exact) mass is 141 g/mol. The maximum atomic E-state index is 2.60. The Balaban J connectivity index is 2.11. The van der Waals surface area contributed by atoms with Crippen molar-refractivity contribution < 1.29 is 4.48 Å². The lowest BCUT2D eigenvalue weighted by Gasteiger charge is -2.37. The van der Waals surface area contributed by atoms with E-state index < -0.39 is 0 Å². The SMILES string of the molecule is C[N+]12CCCN(CC1)CC2. The molecule has 3 rings (SSSR count). The summed E-state index contributed by atoms with van der Waals surface area (Å²) in [5.41, 5.74) is 0. The lowest BCUT2D eigenvalue weighted by atomic mass is 10.3. The second kappa shape index (κ2) is 2.21. The van der Waals surface area contributed by atoms with Crippen molar-refractivity contribution in [2.45, 2.75) is 6.42 Å². The van der Waals surface area contributed by atoms with Gasteiger partial charge in [0.2, 0.25) is 0 Å². The van der Waals surface area contributed by atoms with Crippen molar-refractivity contribution in [2.75, 3.05) is 46.3 Å². The maximum Gasteiger partial charge on any atom is 0.0914 e. The van der Waals surface area contributed by atoms with Crippen molar-refractivity contribution in [1.29, 1.82) is 0 Å². The molecule has 3 aliphatic heterocycles. The predicted octanol–water partition coefficient (Wildman–Crippen LogP) is 0.152. The van der Waals surface area contributed by atoms with Crippen molar-refractivity contribution in [3.63, 3.8) is 0 Å². The fourth-order valence-corrected chi connectivity index (χ4v) is 2.11. The van der Waals surface area contributed by atoms with Crippen LogP contribution in [0.15, 0.2) is 0 Å². The van der Waals surface area contributed by atoms with E-state index in [0.29, 0.717) is 0 Å². The standard InChI is InChI=1S/C8H17N2/c1-10-6-2-3-9(4-7-10)5-8-10/h2-8H2,1H3/q+1. The van der Waals surface area contributed by atoms with Gasteiger partial charge < -0.3 is 4.48 Å². The third-order valence-corrected chi connectivity index (χ3v) is 3.08. The van der Waals surface area contributed by atoms with Crippen molar-refractivity contribution in [3.8, 4) is 0 Å². The molecule has 0 atom stereocenters. The Kier molecular flexibility index (Phi) is 1.46. The molecule has 0 spiro atoms. The van der Waals surface area contributed by atoms with E-state index in [2.05, 4.69) is 11.9 Å². The van der Waals surface area contributed by atoms with Crippen LogP contribution in [0.5, 0.6) is 0 Å². The van der Waals surface area contributed by atoms with Crippen LogP contribution in [0.4, 0.5) is 0 Å². The average Bonchev–Trinajstić information content (AvgIpc) is 2.19. The normalized spacial score (nSPS) is 47.1. The Morgan fingerprint density at radius 2 is 1.70 bits per heavy atom. The Labute approximate surface area is 63.0 Å². The Morgan fingerprint density at radius 1 is 1.00 bits per heavy atom. The zero-order valence-electron chi connectivity index (χ0n) is 6.84. The van der Waals surface area contributed by atoms with Crippen LogP contribution in [0.2, 0.25) is 0 Å². The summed E-state index contributed by atoms with van der Waals surface area (Å²) in [6.45, 7) is 8.23. The first-order valence-electron chi connectivity index (χ1n) is 4.34. The molecule has 0 aromatic carbocycles. The lowest BCUT2D eigenvalue weighted by molar-refractivity contribution is -0.910. The molecule has 2 bridgehead atoms. The molecule has 0 saturated carbocycles. The summed E-state index contributed by atoms with van der Waals surface area (Å²) in [7, 11) is 2.41. The first-order chi connectivity index (χ1) is 4.79. The molecule has 0 aromatic heterocycles. The van der Waals surface area contributed by atoms with Crippen LogP contribution in [0.25, 0.3) is 0 Å². The highest BCUT2D eigenvalue weighted by atomic mass is 15.4. The van der Waals surface area contributed by atoms with Gasteiger partial charge in [-0.15, -0.1) is 0 Å². The highest BCUT2D eigenvalue weighted by Gasteiger charge is 2.31. The summed E-state index contributed by atoms with van der Waals surface area (Å²) in [5, 5.41) is 0. The van der Waals surface area contributed by atoms with Crippen molar-refractivity contribution in [1.82, 2.24) is 4.90 Å². The summed E-state index contributed by atoms with van der Waals surface area (Å²) in [6.07, 6.45) is 1.41. The molecular weight excluding hydrogens is 124 g/mol. The number of fused-ring (bicyclic) bond motifs is 4. The van der Waals surface area contributed by atoms with Crippen LogP contribution < -0.4 is 0 Å². The molecule has 3 aliphatic rings. The van der Waals surface area contributed by atoms with Gasteiger partial charge in [0, 0.05) is 26.1 Å². The number of hydrogen-bond donors (Lipinski definition) is 0. The van der Waals surface area contributed by atoms with Crippen LogP contribution in [0.1, 0.15) is 6.42 Å². The molecule has 0 unspecified atom stereocenters. The molecule has 0 radical (unpaired) electrons. The van der Waals surface area contributed by atoms with Crippen LogP contribution in [0, 0.1) is 0 Å². The van der Waals surface area contributed by atoms with Crippen molar-refractivity contribution >= 4 is 0 Å². The number of nitrogens with zero attached hydrogens (tertiary/aromatic N) is 2. The minimum atomic E-state index is 1.34. The molecule has 0 aliphatic carbocycles. The van der Waals surface area contributed by atoms with Gasteiger partial charge in [0.15, 0.2) is 0 Å². The fraction of sp³-hybridized carbons (Fsp3) is 1.00. The number of likely N-dealkylation sites (N-methyl/N-ethyl adjacent to an activating group) is 1. The molecule has 10 heavy (non-hydrogen) atoms. The first-order valence-corrected chi connectivity index (χ1v) is 4.34. The van der Waals surface area contributed by atoms with Gasteiger partial charge in [-0.1, -0.05) is 0 Å². The third kappa shape index (κ3) is 1.06. The topological polar surface area (TPSA) is 3.24 Å². The van der Waals surface area contributed by atoms with Gasteiger partial charge >= 0.3 is 0 Å². The molecule has 3 saturated heterocycles. The van der Waals surface area contributed by atoms with Crippen LogP contribution in [0.3, 0.4) is 0 Å². The Morgan fingerprint density at radius 3 is 2.40 bits per heavy atom. The summed E-state index contributed by atoms with van der Waals surface area (Å²) in [6, 6.07) is 0. The quantitative estimate of drug-likeness (QED) is 0.434. The maximum absolute atomic E-state index is 2.60. The number of quaternary nitrogens is 1. The molecule has 0 N–H and O–H groups in total. The van der Waals surface area contributed by atoms with Crippen molar-refractivity contribution in [3.05, 3.63) is 0 Å². The van der Waals surface area contributed by atoms with E-state index in [9.17, 15) is 0 Å². The molecule has 0 amide bonds. The molecule has 2 heteroatoms. The predicted molar refractivity (Wildman–Crippen MR) is 41.8 cm³/mol. The number of piperazine rings is 1. The van der Waals surface area contributed by atoms with E-state index in [0.717, 1.165) is 0 Å². The first kappa shape index (κ1) is 6.62. The van der Waals surface area contributed by atoms with Crippen molar-refractivity contribution in [2.24, 2.45) is 0 Å². The summed E-state index contributed by atoms with van der Waals surface area (Å²) >= 11 is 0. The minimum Gasteiger partial charge on any atom is -0.324 e. The summed E-state index contributed by atoms with van der Waals surface area (Å²) in [5.74, 6) is 0. The van der Waals surface area contributed by atoms with Crippen LogP contribution in [-0.4, -0.2) is 55.7 Å². The van der Waals surface area contributed by atoms with Gasteiger partial charge in [0.05, 0.1) is 26.7 Å². The van der Waals surface area contributed by atoms with Gasteiger partial charge in [0.25, 0.3) is 0 Å².